The lowest BCUT2D eigenvalue weighted by Gasteiger charge is -2.06. The van der Waals surface area contributed by atoms with E-state index in [1.54, 1.807) is 6.07 Å². The maximum absolute atomic E-state index is 11.9. The quantitative estimate of drug-likeness (QED) is 0.920. The summed E-state index contributed by atoms with van der Waals surface area (Å²) in [5.74, 6) is -0.00755. The van der Waals surface area contributed by atoms with Gasteiger partial charge in [-0.2, -0.15) is 0 Å². The highest BCUT2D eigenvalue weighted by Crippen LogP contribution is 2.21. The van der Waals surface area contributed by atoms with Crippen LogP contribution >= 0.6 is 22.9 Å². The van der Waals surface area contributed by atoms with Crippen molar-refractivity contribution in [2.24, 2.45) is 0 Å². The molecule has 0 spiro atoms. The minimum atomic E-state index is -3.32. The second kappa shape index (κ2) is 6.05. The second-order valence-electron chi connectivity index (χ2n) is 4.27. The summed E-state index contributed by atoms with van der Waals surface area (Å²) in [6.45, 7) is 2.25. The Morgan fingerprint density at radius 2 is 1.84 bits per heavy atom. The van der Waals surface area contributed by atoms with Crippen LogP contribution in [0.4, 0.5) is 0 Å². The predicted octanol–water partition coefficient (Wildman–Crippen LogP) is 3.33. The molecule has 0 amide bonds. The lowest BCUT2D eigenvalue weighted by molar-refractivity contribution is 0.581. The third-order valence-corrected chi connectivity index (χ3v) is 5.10. The van der Waals surface area contributed by atoms with Crippen molar-refractivity contribution >= 4 is 33.0 Å². The van der Waals surface area contributed by atoms with Crippen LogP contribution in [-0.4, -0.2) is 8.42 Å². The Labute approximate surface area is 122 Å². The molecule has 0 radical (unpaired) electrons. The van der Waals surface area contributed by atoms with E-state index in [1.807, 2.05) is 37.3 Å². The summed E-state index contributed by atoms with van der Waals surface area (Å²) in [5.41, 5.74) is 1.89. The molecule has 3 nitrogen and oxygen atoms in total. The molecule has 0 aliphatic heterocycles. The summed E-state index contributed by atoms with van der Waals surface area (Å²) >= 11 is 7.17. The normalized spacial score (nSPS) is 11.7. The summed E-state index contributed by atoms with van der Waals surface area (Å²) in [6.07, 6.45) is 0. The molecule has 0 saturated carbocycles. The van der Waals surface area contributed by atoms with E-state index in [9.17, 15) is 8.42 Å². The molecule has 0 bridgehead atoms. The number of sulfonamides is 1. The van der Waals surface area contributed by atoms with E-state index >= 15 is 0 Å². The molecule has 2 aromatic rings. The van der Waals surface area contributed by atoms with Crippen LogP contribution in [-0.2, 0) is 22.3 Å². The maximum atomic E-state index is 11.9. The van der Waals surface area contributed by atoms with E-state index in [4.69, 9.17) is 11.6 Å². The Balaban J connectivity index is 1.97. The Morgan fingerprint density at radius 3 is 2.42 bits per heavy atom. The zero-order valence-electron chi connectivity index (χ0n) is 10.4. The van der Waals surface area contributed by atoms with Crippen molar-refractivity contribution < 1.29 is 8.42 Å². The summed E-state index contributed by atoms with van der Waals surface area (Å²) < 4.78 is 27.1. The highest BCUT2D eigenvalue weighted by molar-refractivity contribution is 7.88. The van der Waals surface area contributed by atoms with E-state index in [1.165, 1.54) is 11.3 Å². The van der Waals surface area contributed by atoms with Crippen molar-refractivity contribution in [2.45, 2.75) is 19.2 Å². The fourth-order valence-corrected chi connectivity index (χ4v) is 3.81. The molecule has 0 aliphatic carbocycles. The summed E-state index contributed by atoms with van der Waals surface area (Å²) in [5, 5.41) is 0. The number of nitrogens with one attached hydrogen (secondary N) is 1. The number of thiophene rings is 1. The number of aryl methyl sites for hydroxylation is 1. The van der Waals surface area contributed by atoms with Crippen LogP contribution < -0.4 is 4.72 Å². The third kappa shape index (κ3) is 4.62. The van der Waals surface area contributed by atoms with Crippen molar-refractivity contribution in [3.63, 3.8) is 0 Å². The number of rotatable bonds is 5. The standard InChI is InChI=1S/C13H14ClNO2S2/c1-10-2-4-11(5-3-10)9-19(16,17)15-8-12-6-7-13(14)18-12/h2-7,15H,8-9H2,1H3. The molecule has 102 valence electrons. The van der Waals surface area contributed by atoms with Crippen LogP contribution in [0.2, 0.25) is 4.34 Å². The van der Waals surface area contributed by atoms with E-state index in [-0.39, 0.29) is 12.3 Å². The first-order valence-electron chi connectivity index (χ1n) is 5.72. The molecule has 0 fully saturated rings. The minimum absolute atomic E-state index is 0.00755. The Kier molecular flexibility index (Phi) is 4.62. The second-order valence-corrected chi connectivity index (χ2v) is 7.88. The van der Waals surface area contributed by atoms with Crippen molar-refractivity contribution in [3.05, 3.63) is 56.7 Å². The molecule has 1 N–H and O–H groups in total. The first-order chi connectivity index (χ1) is 8.94. The van der Waals surface area contributed by atoms with Crippen LogP contribution in [0, 0.1) is 6.92 Å². The molecule has 0 atom stereocenters. The van der Waals surface area contributed by atoms with Gasteiger partial charge in [-0.1, -0.05) is 41.4 Å². The van der Waals surface area contributed by atoms with E-state index in [2.05, 4.69) is 4.72 Å². The molecule has 1 aromatic carbocycles. The predicted molar refractivity (Wildman–Crippen MR) is 80.0 cm³/mol. The van der Waals surface area contributed by atoms with Gasteiger partial charge in [-0.3, -0.25) is 0 Å². The van der Waals surface area contributed by atoms with Gasteiger partial charge in [0.15, 0.2) is 0 Å². The fraction of sp³-hybridized carbons (Fsp3) is 0.231. The molecule has 0 unspecified atom stereocenters. The lowest BCUT2D eigenvalue weighted by Crippen LogP contribution is -2.24. The molecule has 19 heavy (non-hydrogen) atoms. The van der Waals surface area contributed by atoms with Crippen molar-refractivity contribution in [1.29, 1.82) is 0 Å². The number of hydrogen-bond donors (Lipinski definition) is 1. The van der Waals surface area contributed by atoms with E-state index in [0.717, 1.165) is 16.0 Å². The highest BCUT2D eigenvalue weighted by atomic mass is 35.5. The summed E-state index contributed by atoms with van der Waals surface area (Å²) in [6, 6.07) is 11.1. The summed E-state index contributed by atoms with van der Waals surface area (Å²) in [4.78, 5) is 0.900. The zero-order valence-corrected chi connectivity index (χ0v) is 12.8. The van der Waals surface area contributed by atoms with Gasteiger partial charge >= 0.3 is 0 Å². The van der Waals surface area contributed by atoms with Crippen LogP contribution in [0.3, 0.4) is 0 Å². The Morgan fingerprint density at radius 1 is 1.16 bits per heavy atom. The first-order valence-corrected chi connectivity index (χ1v) is 8.56. The van der Waals surface area contributed by atoms with Gasteiger partial charge in [-0.05, 0) is 24.6 Å². The Bertz CT molecular complexity index is 648. The Hall–Kier alpha value is -0.880. The molecule has 1 heterocycles. The van der Waals surface area contributed by atoms with Crippen molar-refractivity contribution in [2.75, 3.05) is 0 Å². The van der Waals surface area contributed by atoms with Crippen LogP contribution in [0.15, 0.2) is 36.4 Å². The van der Waals surface area contributed by atoms with Gasteiger partial charge in [0.2, 0.25) is 10.0 Å². The van der Waals surface area contributed by atoms with Crippen LogP contribution in [0.1, 0.15) is 16.0 Å². The number of hydrogen-bond acceptors (Lipinski definition) is 3. The third-order valence-electron chi connectivity index (χ3n) is 2.57. The van der Waals surface area contributed by atoms with Crippen molar-refractivity contribution in [3.8, 4) is 0 Å². The van der Waals surface area contributed by atoms with Gasteiger partial charge in [0.1, 0.15) is 0 Å². The molecular formula is C13H14ClNO2S2. The van der Waals surface area contributed by atoms with Crippen LogP contribution in [0.25, 0.3) is 0 Å². The SMILES string of the molecule is Cc1ccc(CS(=O)(=O)NCc2ccc(Cl)s2)cc1. The summed E-state index contributed by atoms with van der Waals surface area (Å²) in [7, 11) is -3.32. The monoisotopic (exact) mass is 315 g/mol. The van der Waals surface area contributed by atoms with Gasteiger partial charge in [0.05, 0.1) is 10.1 Å². The van der Waals surface area contributed by atoms with Gasteiger partial charge in [0.25, 0.3) is 0 Å². The topological polar surface area (TPSA) is 46.2 Å². The zero-order chi connectivity index (χ0) is 13.9. The number of halogens is 1. The molecule has 0 saturated heterocycles. The maximum Gasteiger partial charge on any atom is 0.216 e. The molecule has 1 aromatic heterocycles. The largest absolute Gasteiger partial charge is 0.216 e. The average Bonchev–Trinajstić information content (AvgIpc) is 2.76. The fourth-order valence-electron chi connectivity index (χ4n) is 1.58. The molecule has 2 rings (SSSR count). The highest BCUT2D eigenvalue weighted by Gasteiger charge is 2.11. The first kappa shape index (κ1) is 14.5. The minimum Gasteiger partial charge on any atom is -0.212 e. The van der Waals surface area contributed by atoms with Gasteiger partial charge in [0, 0.05) is 11.4 Å². The van der Waals surface area contributed by atoms with Crippen LogP contribution in [0.5, 0.6) is 0 Å². The number of benzene rings is 1. The van der Waals surface area contributed by atoms with Gasteiger partial charge < -0.3 is 0 Å². The smallest absolute Gasteiger partial charge is 0.212 e. The van der Waals surface area contributed by atoms with Gasteiger partial charge in [-0.25, -0.2) is 13.1 Å². The lowest BCUT2D eigenvalue weighted by atomic mass is 10.2. The van der Waals surface area contributed by atoms with E-state index in [0.29, 0.717) is 4.34 Å². The average molecular weight is 316 g/mol. The van der Waals surface area contributed by atoms with Crippen molar-refractivity contribution in [1.82, 2.24) is 4.72 Å². The molecule has 6 heteroatoms. The molecular weight excluding hydrogens is 302 g/mol. The van der Waals surface area contributed by atoms with Gasteiger partial charge in [-0.15, -0.1) is 11.3 Å². The van der Waals surface area contributed by atoms with E-state index < -0.39 is 10.0 Å². The molecule has 0 aliphatic rings.